The van der Waals surface area contributed by atoms with E-state index in [-0.39, 0.29) is 34.4 Å². The molecule has 2 N–H and O–H groups in total. The number of benzene rings is 3. The van der Waals surface area contributed by atoms with Crippen LogP contribution in [0.15, 0.2) is 87.9 Å². The summed E-state index contributed by atoms with van der Waals surface area (Å²) < 4.78 is 27.5. The van der Waals surface area contributed by atoms with Crippen LogP contribution in [0.2, 0.25) is 0 Å². The van der Waals surface area contributed by atoms with Crippen LogP contribution in [0, 0.1) is 10.1 Å². The molecule has 0 saturated carbocycles. The standard InChI is InChI=1S/C22H19N5O5S/c1-26(14-15-7-3-2-4-8-15)33(31,32)16-11-12-18-17(13-16)21(22(28)23-18)25-24-19-9-5-6-10-20(19)27(29)30/h2-13,23,28H,14H2,1H3. The first-order valence-corrected chi connectivity index (χ1v) is 11.2. The van der Waals surface area contributed by atoms with E-state index < -0.39 is 14.9 Å². The molecule has 0 aliphatic rings. The minimum atomic E-state index is -3.84. The Balaban J connectivity index is 1.71. The molecule has 0 amide bonds. The molecule has 1 aromatic heterocycles. The van der Waals surface area contributed by atoms with Crippen LogP contribution < -0.4 is 0 Å². The summed E-state index contributed by atoms with van der Waals surface area (Å²) in [6.07, 6.45) is 0. The third-order valence-electron chi connectivity index (χ3n) is 5.02. The molecule has 3 aromatic carbocycles. The highest BCUT2D eigenvalue weighted by atomic mass is 32.2. The number of aromatic hydroxyl groups is 1. The summed E-state index contributed by atoms with van der Waals surface area (Å²) in [7, 11) is -2.36. The van der Waals surface area contributed by atoms with Gasteiger partial charge in [-0.3, -0.25) is 10.1 Å². The Kier molecular flexibility index (Phi) is 5.90. The van der Waals surface area contributed by atoms with Crippen molar-refractivity contribution >= 4 is 38.0 Å². The Hall–Kier alpha value is -4.09. The van der Waals surface area contributed by atoms with Gasteiger partial charge in [-0.1, -0.05) is 42.5 Å². The number of hydrogen-bond donors (Lipinski definition) is 2. The topological polar surface area (TPSA) is 141 Å². The molecule has 33 heavy (non-hydrogen) atoms. The number of fused-ring (bicyclic) bond motifs is 1. The van der Waals surface area contributed by atoms with Gasteiger partial charge in [0.1, 0.15) is 0 Å². The summed E-state index contributed by atoms with van der Waals surface area (Å²) >= 11 is 0. The number of H-pyrrole nitrogens is 1. The van der Waals surface area contributed by atoms with Crippen molar-refractivity contribution in [2.75, 3.05) is 7.05 Å². The number of azo groups is 1. The molecule has 4 rings (SSSR count). The molecule has 0 bridgehead atoms. The van der Waals surface area contributed by atoms with Crippen molar-refractivity contribution in [3.63, 3.8) is 0 Å². The van der Waals surface area contributed by atoms with Gasteiger partial charge in [0.2, 0.25) is 15.9 Å². The predicted octanol–water partition coefficient (Wildman–Crippen LogP) is 5.02. The number of aromatic amines is 1. The summed E-state index contributed by atoms with van der Waals surface area (Å²) in [5.74, 6) is -0.334. The Bertz CT molecular complexity index is 1470. The average molecular weight is 465 g/mol. The van der Waals surface area contributed by atoms with E-state index in [2.05, 4.69) is 15.2 Å². The fourth-order valence-corrected chi connectivity index (χ4v) is 4.50. The first-order chi connectivity index (χ1) is 15.8. The maximum Gasteiger partial charge on any atom is 0.296 e. The summed E-state index contributed by atoms with van der Waals surface area (Å²) in [6, 6.07) is 19.3. The van der Waals surface area contributed by atoms with Crippen LogP contribution in [-0.4, -0.2) is 34.8 Å². The maximum absolute atomic E-state index is 13.1. The van der Waals surface area contributed by atoms with Crippen LogP contribution in [0.1, 0.15) is 5.56 Å². The number of nitro groups is 1. The highest BCUT2D eigenvalue weighted by Crippen LogP contribution is 2.38. The molecule has 0 unspecified atom stereocenters. The van der Waals surface area contributed by atoms with Crippen molar-refractivity contribution in [2.45, 2.75) is 11.4 Å². The maximum atomic E-state index is 13.1. The van der Waals surface area contributed by atoms with Crippen molar-refractivity contribution in [3.8, 4) is 5.88 Å². The van der Waals surface area contributed by atoms with Crippen molar-refractivity contribution < 1.29 is 18.4 Å². The van der Waals surface area contributed by atoms with Gasteiger partial charge in [-0.2, -0.15) is 4.31 Å². The van der Waals surface area contributed by atoms with E-state index in [0.717, 1.165) is 5.56 Å². The Morgan fingerprint density at radius 2 is 1.73 bits per heavy atom. The van der Waals surface area contributed by atoms with Crippen molar-refractivity contribution in [2.24, 2.45) is 10.2 Å². The normalized spacial score (nSPS) is 12.1. The first-order valence-electron chi connectivity index (χ1n) is 9.77. The second kappa shape index (κ2) is 8.81. The molecule has 11 heteroatoms. The van der Waals surface area contributed by atoms with Crippen molar-refractivity contribution in [1.82, 2.24) is 9.29 Å². The highest BCUT2D eigenvalue weighted by Gasteiger charge is 2.23. The van der Waals surface area contributed by atoms with Crippen LogP contribution in [0.5, 0.6) is 5.88 Å². The number of rotatable bonds is 7. The molecule has 4 aromatic rings. The molecular weight excluding hydrogens is 446 g/mol. The Labute approximate surface area is 189 Å². The number of nitro benzene ring substituents is 1. The molecule has 1 heterocycles. The molecule has 0 radical (unpaired) electrons. The SMILES string of the molecule is CN(Cc1ccccc1)S(=O)(=O)c1ccc2[nH]c(O)c(N=Nc3ccccc3[N+](=O)[O-])c2c1. The first kappa shape index (κ1) is 22.1. The molecule has 0 saturated heterocycles. The number of hydrogen-bond acceptors (Lipinski definition) is 7. The number of para-hydroxylation sites is 1. The number of sulfonamides is 1. The average Bonchev–Trinajstić information content (AvgIpc) is 3.12. The van der Waals surface area contributed by atoms with Crippen LogP contribution in [0.3, 0.4) is 0 Å². The van der Waals surface area contributed by atoms with E-state index in [1.165, 1.54) is 47.8 Å². The zero-order valence-corrected chi connectivity index (χ0v) is 18.2. The van der Waals surface area contributed by atoms with Gasteiger partial charge in [-0.15, -0.1) is 10.2 Å². The van der Waals surface area contributed by atoms with Crippen LogP contribution in [0.4, 0.5) is 17.1 Å². The van der Waals surface area contributed by atoms with E-state index in [4.69, 9.17) is 0 Å². The molecular formula is C22H19N5O5S. The summed E-state index contributed by atoms with van der Waals surface area (Å²) in [5.41, 5.74) is 1.01. The van der Waals surface area contributed by atoms with Gasteiger partial charge in [0, 0.05) is 25.0 Å². The number of nitrogens with zero attached hydrogens (tertiary/aromatic N) is 4. The lowest BCUT2D eigenvalue weighted by molar-refractivity contribution is -0.384. The molecule has 0 aliphatic carbocycles. The lowest BCUT2D eigenvalue weighted by Gasteiger charge is -2.17. The van der Waals surface area contributed by atoms with Gasteiger partial charge in [-0.05, 0) is 29.8 Å². The molecule has 0 atom stereocenters. The van der Waals surface area contributed by atoms with Gasteiger partial charge in [0.05, 0.1) is 15.3 Å². The van der Waals surface area contributed by atoms with Crippen molar-refractivity contribution in [1.29, 1.82) is 0 Å². The quantitative estimate of drug-likeness (QED) is 0.224. The zero-order valence-electron chi connectivity index (χ0n) is 17.4. The van der Waals surface area contributed by atoms with Gasteiger partial charge < -0.3 is 10.1 Å². The Morgan fingerprint density at radius 1 is 1.03 bits per heavy atom. The second-order valence-corrected chi connectivity index (χ2v) is 9.27. The van der Waals surface area contributed by atoms with E-state index >= 15 is 0 Å². The lowest BCUT2D eigenvalue weighted by Crippen LogP contribution is -2.26. The summed E-state index contributed by atoms with van der Waals surface area (Å²) in [5, 5.41) is 29.7. The smallest absolute Gasteiger partial charge is 0.296 e. The monoisotopic (exact) mass is 465 g/mol. The number of aromatic nitrogens is 1. The zero-order chi connectivity index (χ0) is 23.6. The Morgan fingerprint density at radius 3 is 2.45 bits per heavy atom. The third-order valence-corrected chi connectivity index (χ3v) is 6.82. The molecule has 10 nitrogen and oxygen atoms in total. The van der Waals surface area contributed by atoms with E-state index in [1.807, 2.05) is 30.3 Å². The largest absolute Gasteiger partial charge is 0.493 e. The van der Waals surface area contributed by atoms with Gasteiger partial charge >= 0.3 is 0 Å². The molecule has 0 fully saturated rings. The third kappa shape index (κ3) is 4.45. The molecule has 0 aliphatic heterocycles. The van der Waals surface area contributed by atoms with Gasteiger partial charge in [-0.25, -0.2) is 8.42 Å². The summed E-state index contributed by atoms with van der Waals surface area (Å²) in [6.45, 7) is 0.184. The van der Waals surface area contributed by atoms with E-state index in [1.54, 1.807) is 6.07 Å². The van der Waals surface area contributed by atoms with Crippen LogP contribution in [0.25, 0.3) is 10.9 Å². The minimum Gasteiger partial charge on any atom is -0.493 e. The minimum absolute atomic E-state index is 0.00243. The van der Waals surface area contributed by atoms with Crippen molar-refractivity contribution in [3.05, 3.63) is 88.5 Å². The van der Waals surface area contributed by atoms with Gasteiger partial charge in [0.25, 0.3) is 5.69 Å². The fraction of sp³-hybridized carbons (Fsp3) is 0.0909. The van der Waals surface area contributed by atoms with Crippen LogP contribution >= 0.6 is 0 Å². The van der Waals surface area contributed by atoms with E-state index in [9.17, 15) is 23.6 Å². The molecule has 0 spiro atoms. The van der Waals surface area contributed by atoms with E-state index in [0.29, 0.717) is 10.9 Å². The van der Waals surface area contributed by atoms with Crippen LogP contribution in [-0.2, 0) is 16.6 Å². The molecule has 168 valence electrons. The van der Waals surface area contributed by atoms with Gasteiger partial charge in [0.15, 0.2) is 11.4 Å². The second-order valence-electron chi connectivity index (χ2n) is 7.22. The predicted molar refractivity (Wildman–Crippen MR) is 122 cm³/mol. The number of nitrogens with one attached hydrogen (secondary N) is 1. The highest BCUT2D eigenvalue weighted by molar-refractivity contribution is 7.89. The summed E-state index contributed by atoms with van der Waals surface area (Å²) in [4.78, 5) is 13.3. The lowest BCUT2D eigenvalue weighted by atomic mass is 10.2. The fourth-order valence-electron chi connectivity index (χ4n) is 3.32.